The Morgan fingerprint density at radius 3 is 2.03 bits per heavy atom. The Morgan fingerprint density at radius 1 is 0.971 bits per heavy atom. The van der Waals surface area contributed by atoms with E-state index in [1.54, 1.807) is 19.1 Å². The monoisotopic (exact) mass is 581 g/mol. The summed E-state index contributed by atoms with van der Waals surface area (Å²) >= 11 is 24.4. The van der Waals surface area contributed by atoms with E-state index in [1.807, 2.05) is 20.8 Å². The van der Waals surface area contributed by atoms with Crippen LogP contribution < -0.4 is 9.62 Å². The Kier molecular flexibility index (Phi) is 9.75. The summed E-state index contributed by atoms with van der Waals surface area (Å²) in [6.07, 6.45) is 0.964. The fourth-order valence-corrected chi connectivity index (χ4v) is 5.00. The quantitative estimate of drug-likeness (QED) is 0.451. The molecule has 2 aromatic carbocycles. The van der Waals surface area contributed by atoms with Gasteiger partial charge in [-0.25, -0.2) is 8.42 Å². The zero-order chi connectivity index (χ0) is 26.7. The topological polar surface area (TPSA) is 86.8 Å². The average Bonchev–Trinajstić information content (AvgIpc) is 2.67. The van der Waals surface area contributed by atoms with Gasteiger partial charge in [-0.3, -0.25) is 13.9 Å². The van der Waals surface area contributed by atoms with Crippen molar-refractivity contribution in [2.24, 2.45) is 0 Å². The minimum atomic E-state index is -3.92. The molecule has 1 atom stereocenters. The number of amides is 2. The maximum Gasteiger partial charge on any atom is 0.244 e. The molecule has 0 saturated heterocycles. The molecule has 1 N–H and O–H groups in total. The number of hydrogen-bond acceptors (Lipinski definition) is 4. The van der Waals surface area contributed by atoms with Gasteiger partial charge in [0, 0.05) is 32.2 Å². The summed E-state index contributed by atoms with van der Waals surface area (Å²) < 4.78 is 26.1. The van der Waals surface area contributed by atoms with Crippen molar-refractivity contribution in [3.05, 3.63) is 62.1 Å². The predicted molar refractivity (Wildman–Crippen MR) is 143 cm³/mol. The Hall–Kier alpha value is -1.71. The number of nitrogens with zero attached hydrogens (tertiary/aromatic N) is 2. The van der Waals surface area contributed by atoms with Crippen molar-refractivity contribution in [1.82, 2.24) is 10.2 Å². The van der Waals surface area contributed by atoms with Crippen LogP contribution in [-0.2, 0) is 26.2 Å². The van der Waals surface area contributed by atoms with Crippen LogP contribution in [0.4, 0.5) is 5.69 Å². The molecule has 0 fully saturated rings. The fraction of sp³-hybridized carbons (Fsp3) is 0.391. The number of anilines is 1. The lowest BCUT2D eigenvalue weighted by Gasteiger charge is -2.33. The summed E-state index contributed by atoms with van der Waals surface area (Å²) in [5.74, 6) is -1.04. The summed E-state index contributed by atoms with van der Waals surface area (Å²) in [4.78, 5) is 27.8. The Bertz CT molecular complexity index is 1200. The smallest absolute Gasteiger partial charge is 0.244 e. The molecule has 2 rings (SSSR count). The Labute approximate surface area is 226 Å². The number of nitrogens with one attached hydrogen (secondary N) is 1. The third-order valence-electron chi connectivity index (χ3n) is 4.84. The van der Waals surface area contributed by atoms with Crippen molar-refractivity contribution in [2.45, 2.75) is 45.8 Å². The van der Waals surface area contributed by atoms with Gasteiger partial charge in [0.1, 0.15) is 12.6 Å². The Morgan fingerprint density at radius 2 is 1.54 bits per heavy atom. The van der Waals surface area contributed by atoms with Crippen molar-refractivity contribution in [3.63, 3.8) is 0 Å². The fourth-order valence-electron chi connectivity index (χ4n) is 3.19. The highest BCUT2D eigenvalue weighted by Gasteiger charge is 2.32. The molecular formula is C23H27Cl4N3O4S. The molecule has 0 aliphatic heterocycles. The number of hydrogen-bond donors (Lipinski definition) is 1. The van der Waals surface area contributed by atoms with Gasteiger partial charge in [-0.05, 0) is 63.6 Å². The molecule has 192 valence electrons. The van der Waals surface area contributed by atoms with Crippen LogP contribution in [0, 0.1) is 0 Å². The first-order valence-corrected chi connectivity index (χ1v) is 13.8. The normalized spacial score (nSPS) is 12.7. The van der Waals surface area contributed by atoms with Crippen LogP contribution in [0.25, 0.3) is 0 Å². The van der Waals surface area contributed by atoms with Gasteiger partial charge in [-0.1, -0.05) is 52.5 Å². The van der Waals surface area contributed by atoms with Crippen LogP contribution in [0.2, 0.25) is 20.1 Å². The van der Waals surface area contributed by atoms with Gasteiger partial charge in [0.05, 0.1) is 11.9 Å². The molecule has 2 amide bonds. The largest absolute Gasteiger partial charge is 0.350 e. The summed E-state index contributed by atoms with van der Waals surface area (Å²) in [7, 11) is -3.92. The molecule has 0 radical (unpaired) electrons. The summed E-state index contributed by atoms with van der Waals surface area (Å²) in [6, 6.07) is 8.06. The second-order valence-corrected chi connectivity index (χ2v) is 12.7. The molecular weight excluding hydrogens is 556 g/mol. The van der Waals surface area contributed by atoms with Crippen molar-refractivity contribution >= 4 is 73.9 Å². The zero-order valence-corrected chi connectivity index (χ0v) is 23.7. The molecule has 7 nitrogen and oxygen atoms in total. The lowest BCUT2D eigenvalue weighted by molar-refractivity contribution is -0.140. The third-order valence-corrected chi connectivity index (χ3v) is 7.00. The van der Waals surface area contributed by atoms with Crippen LogP contribution in [0.15, 0.2) is 36.4 Å². The van der Waals surface area contributed by atoms with E-state index in [0.29, 0.717) is 15.6 Å². The molecule has 0 saturated carbocycles. The van der Waals surface area contributed by atoms with E-state index >= 15 is 0 Å². The molecule has 0 heterocycles. The Balaban J connectivity index is 2.47. The van der Waals surface area contributed by atoms with Crippen LogP contribution in [0.3, 0.4) is 0 Å². The van der Waals surface area contributed by atoms with E-state index in [2.05, 4.69) is 5.32 Å². The summed E-state index contributed by atoms with van der Waals surface area (Å²) in [6.45, 7) is 6.36. The van der Waals surface area contributed by atoms with Crippen LogP contribution >= 0.6 is 46.4 Å². The first-order chi connectivity index (χ1) is 16.0. The van der Waals surface area contributed by atoms with Gasteiger partial charge in [-0.2, -0.15) is 0 Å². The SMILES string of the molecule is C[C@H](C(=O)NC(C)(C)C)N(Cc1ccc(Cl)cc1Cl)C(=O)CN(c1cc(Cl)cc(Cl)c1)S(C)(=O)=O. The second kappa shape index (κ2) is 11.6. The number of rotatable bonds is 8. The zero-order valence-electron chi connectivity index (χ0n) is 19.9. The average molecular weight is 583 g/mol. The van der Waals surface area contributed by atoms with E-state index in [0.717, 1.165) is 10.6 Å². The van der Waals surface area contributed by atoms with Gasteiger partial charge in [0.25, 0.3) is 0 Å². The second-order valence-electron chi connectivity index (χ2n) is 9.07. The van der Waals surface area contributed by atoms with Gasteiger partial charge in [-0.15, -0.1) is 0 Å². The van der Waals surface area contributed by atoms with Gasteiger partial charge in [0.2, 0.25) is 21.8 Å². The summed E-state index contributed by atoms with van der Waals surface area (Å²) in [5, 5.41) is 3.97. The first-order valence-electron chi connectivity index (χ1n) is 10.5. The van der Waals surface area contributed by atoms with Crippen molar-refractivity contribution in [3.8, 4) is 0 Å². The lowest BCUT2D eigenvalue weighted by atomic mass is 10.1. The first kappa shape index (κ1) is 29.5. The number of halogens is 4. The summed E-state index contributed by atoms with van der Waals surface area (Å²) in [5.41, 5.74) is 0.111. The van der Waals surface area contributed by atoms with Crippen molar-refractivity contribution in [1.29, 1.82) is 0 Å². The minimum Gasteiger partial charge on any atom is -0.350 e. The van der Waals surface area contributed by atoms with E-state index in [-0.39, 0.29) is 22.3 Å². The molecule has 2 aromatic rings. The number of carbonyl (C=O) groups is 2. The number of benzene rings is 2. The van der Waals surface area contributed by atoms with E-state index in [4.69, 9.17) is 46.4 Å². The van der Waals surface area contributed by atoms with Crippen LogP contribution in [0.1, 0.15) is 33.3 Å². The highest BCUT2D eigenvalue weighted by atomic mass is 35.5. The van der Waals surface area contributed by atoms with Gasteiger partial charge >= 0.3 is 0 Å². The van der Waals surface area contributed by atoms with E-state index in [1.165, 1.54) is 29.2 Å². The molecule has 0 aromatic heterocycles. The standard InChI is InChI=1S/C23H27Cl4N3O4S/c1-14(22(32)28-23(2,3)4)29(12-15-6-7-16(24)11-20(15)27)21(31)13-30(35(5,33)34)19-9-17(25)8-18(26)10-19/h6-11,14H,12-13H2,1-5H3,(H,28,32)/t14-/m1/s1. The van der Waals surface area contributed by atoms with Crippen LogP contribution in [-0.4, -0.2) is 49.5 Å². The highest BCUT2D eigenvalue weighted by Crippen LogP contribution is 2.28. The number of carbonyl (C=O) groups excluding carboxylic acids is 2. The van der Waals surface area contributed by atoms with Gasteiger partial charge in [0.15, 0.2) is 0 Å². The third kappa shape index (κ3) is 8.72. The highest BCUT2D eigenvalue weighted by molar-refractivity contribution is 7.92. The predicted octanol–water partition coefficient (Wildman–Crippen LogP) is 5.40. The van der Waals surface area contributed by atoms with Crippen molar-refractivity contribution in [2.75, 3.05) is 17.1 Å². The van der Waals surface area contributed by atoms with E-state index < -0.39 is 40.0 Å². The van der Waals surface area contributed by atoms with E-state index in [9.17, 15) is 18.0 Å². The maximum absolute atomic E-state index is 13.5. The molecule has 0 bridgehead atoms. The molecule has 12 heteroatoms. The molecule has 0 aliphatic rings. The van der Waals surface area contributed by atoms with Gasteiger partial charge < -0.3 is 10.2 Å². The molecule has 0 aliphatic carbocycles. The lowest BCUT2D eigenvalue weighted by Crippen LogP contribution is -2.54. The molecule has 0 spiro atoms. The van der Waals surface area contributed by atoms with Crippen LogP contribution in [0.5, 0.6) is 0 Å². The maximum atomic E-state index is 13.5. The van der Waals surface area contributed by atoms with Crippen molar-refractivity contribution < 1.29 is 18.0 Å². The molecule has 35 heavy (non-hydrogen) atoms. The minimum absolute atomic E-state index is 0.0541. The number of sulfonamides is 1. The molecule has 0 unspecified atom stereocenters.